The molecule has 3 rings (SSSR count). The van der Waals surface area contributed by atoms with Crippen LogP contribution >= 0.6 is 0 Å². The van der Waals surface area contributed by atoms with Crippen molar-refractivity contribution in [3.8, 4) is 0 Å². The van der Waals surface area contributed by atoms with Crippen LogP contribution < -0.4 is 5.32 Å². The number of hydrogen-bond acceptors (Lipinski definition) is 5. The summed E-state index contributed by atoms with van der Waals surface area (Å²) < 4.78 is 1.98. The van der Waals surface area contributed by atoms with Crippen LogP contribution in [0.5, 0.6) is 0 Å². The van der Waals surface area contributed by atoms with Gasteiger partial charge in [-0.3, -0.25) is 14.5 Å². The number of aryl methyl sites for hydroxylation is 2. The van der Waals surface area contributed by atoms with Gasteiger partial charge >= 0.3 is 0 Å². The molecule has 118 valence electrons. The van der Waals surface area contributed by atoms with E-state index in [0.29, 0.717) is 5.56 Å². The van der Waals surface area contributed by atoms with Crippen molar-refractivity contribution in [1.82, 2.24) is 14.6 Å². The van der Waals surface area contributed by atoms with E-state index < -0.39 is 0 Å². The first-order valence-corrected chi connectivity index (χ1v) is 7.43. The van der Waals surface area contributed by atoms with Crippen molar-refractivity contribution in [2.24, 2.45) is 0 Å². The Hall–Kier alpha value is -2.96. The molecule has 2 aromatic heterocycles. The minimum atomic E-state index is -0.366. The summed E-state index contributed by atoms with van der Waals surface area (Å²) in [6, 6.07) is 10.9. The maximum absolute atomic E-state index is 10.8. The second-order valence-electron chi connectivity index (χ2n) is 5.33. The Morgan fingerprint density at radius 1 is 1.26 bits per heavy atom. The number of anilines is 1. The van der Waals surface area contributed by atoms with E-state index in [0.717, 1.165) is 36.5 Å². The average Bonchev–Trinajstić information content (AvgIpc) is 2.94. The smallest absolute Gasteiger partial charge is 0.272 e. The zero-order valence-corrected chi connectivity index (χ0v) is 12.8. The molecule has 7 nitrogen and oxygen atoms in total. The first-order valence-electron chi connectivity index (χ1n) is 7.43. The van der Waals surface area contributed by atoms with Gasteiger partial charge in [0.25, 0.3) is 5.69 Å². The van der Waals surface area contributed by atoms with E-state index >= 15 is 0 Å². The Bertz CT molecular complexity index is 843. The number of fused-ring (bicyclic) bond motifs is 1. The van der Waals surface area contributed by atoms with Crippen LogP contribution in [0.4, 0.5) is 11.4 Å². The summed E-state index contributed by atoms with van der Waals surface area (Å²) in [6.45, 7) is 2.50. The topological polar surface area (TPSA) is 85.4 Å². The fourth-order valence-corrected chi connectivity index (χ4v) is 2.51. The van der Waals surface area contributed by atoms with Gasteiger partial charge in [0.15, 0.2) is 5.65 Å². The van der Waals surface area contributed by atoms with Gasteiger partial charge in [0.1, 0.15) is 5.82 Å². The lowest BCUT2D eigenvalue weighted by Gasteiger charge is -2.07. The van der Waals surface area contributed by atoms with E-state index in [1.54, 1.807) is 19.1 Å². The second-order valence-corrected chi connectivity index (χ2v) is 5.33. The molecule has 0 aliphatic carbocycles. The van der Waals surface area contributed by atoms with Crippen LogP contribution in [0, 0.1) is 17.0 Å². The number of pyridine rings is 1. The highest BCUT2D eigenvalue weighted by Gasteiger charge is 2.10. The Morgan fingerprint density at radius 3 is 2.91 bits per heavy atom. The highest BCUT2D eigenvalue weighted by Crippen LogP contribution is 2.21. The van der Waals surface area contributed by atoms with Crippen LogP contribution in [0.15, 0.2) is 42.6 Å². The minimum Gasteiger partial charge on any atom is -0.385 e. The molecular formula is C16H17N5O2. The fraction of sp³-hybridized carbons (Fsp3) is 0.250. The summed E-state index contributed by atoms with van der Waals surface area (Å²) in [7, 11) is 0. The molecule has 3 aromatic rings. The van der Waals surface area contributed by atoms with Crippen molar-refractivity contribution in [2.75, 3.05) is 11.9 Å². The number of benzene rings is 1. The summed E-state index contributed by atoms with van der Waals surface area (Å²) in [5, 5.41) is 22.4. The van der Waals surface area contributed by atoms with E-state index in [1.807, 2.05) is 28.8 Å². The van der Waals surface area contributed by atoms with Crippen molar-refractivity contribution in [2.45, 2.75) is 19.8 Å². The minimum absolute atomic E-state index is 0.144. The standard InChI is InChI=1S/C16H17N5O2/c1-12-11-13(7-8-14(12)21(22)23)17-9-4-6-16-19-18-15-5-2-3-10-20(15)16/h2-3,5,7-8,10-11,17H,4,6,9H2,1H3. The van der Waals surface area contributed by atoms with Crippen molar-refractivity contribution in [1.29, 1.82) is 0 Å². The molecule has 7 heteroatoms. The molecule has 23 heavy (non-hydrogen) atoms. The van der Waals surface area contributed by atoms with Gasteiger partial charge in [0.05, 0.1) is 4.92 Å². The van der Waals surface area contributed by atoms with Gasteiger partial charge in [-0.1, -0.05) is 6.07 Å². The predicted octanol–water partition coefficient (Wildman–Crippen LogP) is 2.99. The molecular weight excluding hydrogens is 294 g/mol. The third-order valence-electron chi connectivity index (χ3n) is 3.68. The summed E-state index contributed by atoms with van der Waals surface area (Å²) in [5.74, 6) is 0.933. The number of aromatic nitrogens is 3. The lowest BCUT2D eigenvalue weighted by Crippen LogP contribution is -2.05. The van der Waals surface area contributed by atoms with Crippen LogP contribution in [0.2, 0.25) is 0 Å². The molecule has 1 N–H and O–H groups in total. The van der Waals surface area contributed by atoms with Crippen LogP contribution in [0.1, 0.15) is 17.8 Å². The van der Waals surface area contributed by atoms with Gasteiger partial charge in [-0.05, 0) is 37.6 Å². The molecule has 0 bridgehead atoms. The molecule has 2 heterocycles. The normalized spacial score (nSPS) is 10.8. The SMILES string of the molecule is Cc1cc(NCCCc2nnc3ccccn23)ccc1[N+](=O)[O-]. The Balaban J connectivity index is 1.56. The van der Waals surface area contributed by atoms with Crippen LogP contribution in [0.25, 0.3) is 5.65 Å². The number of nitrogens with zero attached hydrogens (tertiary/aromatic N) is 4. The largest absolute Gasteiger partial charge is 0.385 e. The fourth-order valence-electron chi connectivity index (χ4n) is 2.51. The highest BCUT2D eigenvalue weighted by molar-refractivity contribution is 5.53. The zero-order chi connectivity index (χ0) is 16.2. The van der Waals surface area contributed by atoms with Gasteiger partial charge in [-0.2, -0.15) is 0 Å². The summed E-state index contributed by atoms with van der Waals surface area (Å²) >= 11 is 0. The molecule has 0 saturated heterocycles. The monoisotopic (exact) mass is 311 g/mol. The number of rotatable bonds is 6. The first kappa shape index (κ1) is 15.0. The highest BCUT2D eigenvalue weighted by atomic mass is 16.6. The van der Waals surface area contributed by atoms with E-state index in [2.05, 4.69) is 15.5 Å². The molecule has 0 aliphatic heterocycles. The molecule has 1 aromatic carbocycles. The molecule has 0 amide bonds. The Kier molecular flexibility index (Phi) is 4.18. The van der Waals surface area contributed by atoms with E-state index in [4.69, 9.17) is 0 Å². The Labute approximate surface area is 133 Å². The van der Waals surface area contributed by atoms with Gasteiger partial charge < -0.3 is 5.32 Å². The molecule has 0 aliphatic rings. The molecule has 0 atom stereocenters. The van der Waals surface area contributed by atoms with Crippen molar-refractivity contribution < 1.29 is 4.92 Å². The number of nitro groups is 1. The summed E-state index contributed by atoms with van der Waals surface area (Å²) in [5.41, 5.74) is 2.54. The van der Waals surface area contributed by atoms with Gasteiger partial charge in [-0.25, -0.2) is 0 Å². The van der Waals surface area contributed by atoms with E-state index in [-0.39, 0.29) is 10.6 Å². The van der Waals surface area contributed by atoms with Crippen molar-refractivity contribution >= 4 is 17.0 Å². The summed E-state index contributed by atoms with van der Waals surface area (Å²) in [6.07, 6.45) is 3.66. The predicted molar refractivity (Wildman–Crippen MR) is 87.6 cm³/mol. The van der Waals surface area contributed by atoms with Crippen LogP contribution in [0.3, 0.4) is 0 Å². The molecule has 0 spiro atoms. The third kappa shape index (κ3) is 3.28. The summed E-state index contributed by atoms with van der Waals surface area (Å²) in [4.78, 5) is 10.4. The van der Waals surface area contributed by atoms with Gasteiger partial charge in [-0.15, -0.1) is 10.2 Å². The van der Waals surface area contributed by atoms with Crippen LogP contribution in [-0.2, 0) is 6.42 Å². The first-order chi connectivity index (χ1) is 11.1. The van der Waals surface area contributed by atoms with Gasteiger partial charge in [0.2, 0.25) is 0 Å². The van der Waals surface area contributed by atoms with Crippen LogP contribution in [-0.4, -0.2) is 26.1 Å². The maximum atomic E-state index is 10.8. The quantitative estimate of drug-likeness (QED) is 0.430. The maximum Gasteiger partial charge on any atom is 0.272 e. The lowest BCUT2D eigenvalue weighted by atomic mass is 10.2. The Morgan fingerprint density at radius 2 is 2.13 bits per heavy atom. The molecule has 0 saturated carbocycles. The average molecular weight is 311 g/mol. The van der Waals surface area contributed by atoms with E-state index in [1.165, 1.54) is 6.07 Å². The number of hydrogen-bond donors (Lipinski definition) is 1. The number of nitro benzene ring substituents is 1. The van der Waals surface area contributed by atoms with E-state index in [9.17, 15) is 10.1 Å². The zero-order valence-electron chi connectivity index (χ0n) is 12.8. The third-order valence-corrected chi connectivity index (χ3v) is 3.68. The molecule has 0 radical (unpaired) electrons. The van der Waals surface area contributed by atoms with Crippen molar-refractivity contribution in [3.63, 3.8) is 0 Å². The lowest BCUT2D eigenvalue weighted by molar-refractivity contribution is -0.385. The second kappa shape index (κ2) is 6.43. The van der Waals surface area contributed by atoms with Crippen molar-refractivity contribution in [3.05, 3.63) is 64.1 Å². The molecule has 0 unspecified atom stereocenters. The van der Waals surface area contributed by atoms with Gasteiger partial charge in [0, 0.05) is 36.5 Å². The molecule has 0 fully saturated rings. The number of nitrogens with one attached hydrogen (secondary N) is 1.